The van der Waals surface area contributed by atoms with Crippen LogP contribution in [0.5, 0.6) is 0 Å². The molecule has 0 aliphatic carbocycles. The van der Waals surface area contributed by atoms with Crippen molar-refractivity contribution >= 4 is 55.5 Å². The van der Waals surface area contributed by atoms with Crippen molar-refractivity contribution in [2.75, 3.05) is 0 Å². The number of pyridine rings is 2. The maximum absolute atomic E-state index is 9.15. The van der Waals surface area contributed by atoms with Gasteiger partial charge in [0.05, 0.1) is 8.07 Å². The van der Waals surface area contributed by atoms with Crippen molar-refractivity contribution in [1.82, 2.24) is 9.97 Å². The molecule has 3 heterocycles. The number of thiophene rings is 1. The number of nitrogens with zero attached hydrogens (tertiary/aromatic N) is 2. The molecule has 0 spiro atoms. The summed E-state index contributed by atoms with van der Waals surface area (Å²) in [6, 6.07) is 56.0. The molecular weight excluding hydrogens is 905 g/mol. The maximum Gasteiger partial charge on any atom is 0.0795 e. The van der Waals surface area contributed by atoms with E-state index in [1.807, 2.05) is 79.0 Å². The second kappa shape index (κ2) is 16.8. The van der Waals surface area contributed by atoms with Crippen LogP contribution in [-0.2, 0) is 31.9 Å². The fourth-order valence-corrected chi connectivity index (χ4v) is 9.26. The van der Waals surface area contributed by atoms with E-state index in [1.54, 1.807) is 23.6 Å². The third-order valence-electron chi connectivity index (χ3n) is 10.2. The van der Waals surface area contributed by atoms with Gasteiger partial charge in [0.25, 0.3) is 0 Å². The topological polar surface area (TPSA) is 25.8 Å². The maximum atomic E-state index is 9.15. The predicted molar refractivity (Wildman–Crippen MR) is 244 cm³/mol. The molecule has 5 heteroatoms. The molecule has 3 aromatic heterocycles. The quantitative estimate of drug-likeness (QED) is 0.123. The molecular formula is C52H46IrN2SSi-2. The van der Waals surface area contributed by atoms with Gasteiger partial charge in [-0.2, -0.15) is 11.3 Å². The van der Waals surface area contributed by atoms with Gasteiger partial charge in [-0.1, -0.05) is 160 Å². The Morgan fingerprint density at radius 2 is 1.46 bits per heavy atom. The molecule has 9 rings (SSSR count). The third kappa shape index (κ3) is 8.93. The summed E-state index contributed by atoms with van der Waals surface area (Å²) < 4.78 is 20.7. The van der Waals surface area contributed by atoms with E-state index < -0.39 is 14.4 Å². The van der Waals surface area contributed by atoms with Crippen LogP contribution in [0.15, 0.2) is 158 Å². The second-order valence-electron chi connectivity index (χ2n) is 16.3. The standard InChI is InChI=1S/C38H30NS.C14H16NSi.Ir/c1-38(2,3)30-15-16-33-35(24-30)40-37-32(18-17-31(36(33)37)28-10-5-4-6-11-28)34-23-26(19-20-39-34)21-25-13-14-27-9-7-8-12-29(27)22-25;1-16(2,3)13-9-10-14(15-11-13)12-7-5-4-6-8-12;/h4-17,19-20,22-24H,21H2,1-3H3;4-7,9-11H,1-3H3;/q2*-1;/i21D2;;. The van der Waals surface area contributed by atoms with E-state index in [2.05, 4.69) is 124 Å². The Morgan fingerprint density at radius 1 is 0.702 bits per heavy atom. The summed E-state index contributed by atoms with van der Waals surface area (Å²) in [6.07, 6.45) is 2.05. The zero-order chi connectivity index (χ0) is 40.7. The van der Waals surface area contributed by atoms with Gasteiger partial charge in [-0.3, -0.25) is 0 Å². The Bertz CT molecular complexity index is 2880. The van der Waals surface area contributed by atoms with E-state index in [-0.39, 0.29) is 25.5 Å². The van der Waals surface area contributed by atoms with E-state index in [0.29, 0.717) is 11.1 Å². The Labute approximate surface area is 358 Å². The summed E-state index contributed by atoms with van der Waals surface area (Å²) in [5, 5.41) is 5.94. The van der Waals surface area contributed by atoms with Crippen molar-refractivity contribution in [3.63, 3.8) is 0 Å². The third-order valence-corrected chi connectivity index (χ3v) is 13.4. The fraction of sp³-hybridized carbons (Fsp3) is 0.154. The predicted octanol–water partition coefficient (Wildman–Crippen LogP) is 13.7. The first-order valence-corrected chi connectivity index (χ1v) is 23.5. The van der Waals surface area contributed by atoms with E-state index in [4.69, 9.17) is 7.73 Å². The SMILES string of the molecule is C[Si](C)(C)c1ccc(-c2[c-]cccc2)nc1.[2H]C([2H])(c1ccnc(-c2[c-]cc(-c3ccccc3)c3c2sc2cc(C(C)(C)C)ccc23)c1)c1ccc2ccccc2c1.[Ir]. The first kappa shape index (κ1) is 37.5. The van der Waals surface area contributed by atoms with Gasteiger partial charge in [-0.15, -0.1) is 53.6 Å². The van der Waals surface area contributed by atoms with E-state index in [1.165, 1.54) is 26.2 Å². The molecule has 0 aliphatic heterocycles. The summed E-state index contributed by atoms with van der Waals surface area (Å²) in [5.74, 6) is 0. The van der Waals surface area contributed by atoms with Crippen LogP contribution in [0.3, 0.4) is 0 Å². The number of aromatic nitrogens is 2. The molecule has 9 aromatic rings. The fourth-order valence-electron chi connectivity index (χ4n) is 6.95. The molecule has 57 heavy (non-hydrogen) atoms. The average molecular weight is 953 g/mol. The summed E-state index contributed by atoms with van der Waals surface area (Å²) >= 11 is 1.77. The molecule has 1 radical (unpaired) electrons. The monoisotopic (exact) mass is 953 g/mol. The molecule has 285 valence electrons. The molecule has 0 saturated heterocycles. The minimum atomic E-state index is -1.69. The zero-order valence-electron chi connectivity index (χ0n) is 35.1. The van der Waals surface area contributed by atoms with Gasteiger partial charge in [-0.05, 0) is 78.0 Å². The molecule has 2 nitrogen and oxygen atoms in total. The van der Waals surface area contributed by atoms with Crippen LogP contribution in [0.4, 0.5) is 0 Å². The zero-order valence-corrected chi connectivity index (χ0v) is 37.4. The smallest absolute Gasteiger partial charge is 0.0795 e. The summed E-state index contributed by atoms with van der Waals surface area (Å²) in [6.45, 7) is 13.7. The van der Waals surface area contributed by atoms with Crippen molar-refractivity contribution < 1.29 is 22.8 Å². The molecule has 0 aliphatic rings. The average Bonchev–Trinajstić information content (AvgIpc) is 3.63. The van der Waals surface area contributed by atoms with Crippen LogP contribution in [-0.4, -0.2) is 18.0 Å². The molecule has 0 amide bonds. The largest absolute Gasteiger partial charge is 0.305 e. The van der Waals surface area contributed by atoms with Crippen molar-refractivity contribution in [2.45, 2.75) is 52.2 Å². The van der Waals surface area contributed by atoms with Gasteiger partial charge in [0.15, 0.2) is 0 Å². The Hall–Kier alpha value is -5.03. The number of rotatable bonds is 6. The van der Waals surface area contributed by atoms with Crippen molar-refractivity contribution in [1.29, 1.82) is 0 Å². The first-order valence-electron chi connectivity index (χ1n) is 20.1. The molecule has 6 aromatic carbocycles. The first-order chi connectivity index (χ1) is 27.8. The van der Waals surface area contributed by atoms with Gasteiger partial charge in [0.2, 0.25) is 0 Å². The molecule has 0 unspecified atom stereocenters. The number of fused-ring (bicyclic) bond motifs is 4. The molecule has 0 saturated carbocycles. The Morgan fingerprint density at radius 3 is 2.18 bits per heavy atom. The van der Waals surface area contributed by atoms with Crippen LogP contribution in [0, 0.1) is 12.1 Å². The molecule has 0 atom stereocenters. The van der Waals surface area contributed by atoms with Crippen molar-refractivity contribution in [2.24, 2.45) is 0 Å². The van der Waals surface area contributed by atoms with Gasteiger partial charge >= 0.3 is 0 Å². The number of hydrogen-bond donors (Lipinski definition) is 0. The van der Waals surface area contributed by atoms with Gasteiger partial charge in [0.1, 0.15) is 0 Å². The van der Waals surface area contributed by atoms with E-state index >= 15 is 0 Å². The van der Waals surface area contributed by atoms with Crippen LogP contribution < -0.4 is 5.19 Å². The van der Waals surface area contributed by atoms with Crippen LogP contribution in [0.1, 0.15) is 40.2 Å². The van der Waals surface area contributed by atoms with E-state index in [0.717, 1.165) is 49.1 Å². The number of benzene rings is 6. The van der Waals surface area contributed by atoms with Crippen LogP contribution in [0.25, 0.3) is 64.6 Å². The Balaban J connectivity index is 0.000000262. The molecule has 0 N–H and O–H groups in total. The number of hydrogen-bond acceptors (Lipinski definition) is 3. The Kier molecular flexibility index (Phi) is 11.1. The van der Waals surface area contributed by atoms with Crippen molar-refractivity contribution in [3.8, 4) is 33.6 Å². The van der Waals surface area contributed by atoms with Gasteiger partial charge in [0, 0.05) is 39.9 Å². The second-order valence-corrected chi connectivity index (χ2v) is 22.4. The molecule has 0 fully saturated rings. The molecule has 0 bridgehead atoms. The summed E-state index contributed by atoms with van der Waals surface area (Å²) in [7, 11) is -1.23. The van der Waals surface area contributed by atoms with Crippen LogP contribution >= 0.6 is 11.3 Å². The minimum Gasteiger partial charge on any atom is -0.305 e. The minimum absolute atomic E-state index is 0. The summed E-state index contributed by atoms with van der Waals surface area (Å²) in [4.78, 5) is 9.27. The van der Waals surface area contributed by atoms with Crippen LogP contribution in [0.2, 0.25) is 19.6 Å². The van der Waals surface area contributed by atoms with Gasteiger partial charge in [-0.25, -0.2) is 0 Å². The normalized spacial score (nSPS) is 12.4. The summed E-state index contributed by atoms with van der Waals surface area (Å²) in [5.41, 5.74) is 8.54. The van der Waals surface area contributed by atoms with E-state index in [9.17, 15) is 0 Å². The van der Waals surface area contributed by atoms with Gasteiger partial charge < -0.3 is 9.97 Å². The van der Waals surface area contributed by atoms with Crippen molar-refractivity contribution in [3.05, 3.63) is 187 Å².